The molecule has 0 N–H and O–H groups in total. The molecule has 2 bridgehead atoms. The van der Waals surface area contributed by atoms with Gasteiger partial charge in [0.15, 0.2) is 0 Å². The van der Waals surface area contributed by atoms with Crippen LogP contribution in [0.4, 0.5) is 4.39 Å². The summed E-state index contributed by atoms with van der Waals surface area (Å²) in [7, 11) is 0. The topological polar surface area (TPSA) is 3.24 Å². The molecule has 68 valence electrons. The smallest absolute Gasteiger partial charge is 0.104 e. The maximum atomic E-state index is 13.1. The fraction of sp³-hybridized carbons (Fsp3) is 0.800. The molecule has 0 amide bonds. The summed E-state index contributed by atoms with van der Waals surface area (Å²) < 4.78 is 13.1. The van der Waals surface area contributed by atoms with Crippen LogP contribution in [0, 0.1) is 0 Å². The number of halogens is 1. The van der Waals surface area contributed by atoms with Crippen molar-refractivity contribution < 1.29 is 4.39 Å². The van der Waals surface area contributed by atoms with Crippen molar-refractivity contribution in [2.24, 2.45) is 0 Å². The second-order valence-corrected chi connectivity index (χ2v) is 4.10. The van der Waals surface area contributed by atoms with Crippen LogP contribution in [0.25, 0.3) is 0 Å². The lowest BCUT2D eigenvalue weighted by Crippen LogP contribution is -2.41. The molecule has 2 rings (SSSR count). The van der Waals surface area contributed by atoms with Gasteiger partial charge in [0.05, 0.1) is 0 Å². The summed E-state index contributed by atoms with van der Waals surface area (Å²) in [5.74, 6) is 0. The fourth-order valence-corrected chi connectivity index (χ4v) is 2.73. The Hall–Kier alpha value is -0.530. The first-order valence-electron chi connectivity index (χ1n) is 4.76. The molecule has 0 aromatic heterocycles. The molecule has 0 spiro atoms. The molecule has 2 saturated heterocycles. The Morgan fingerprint density at radius 1 is 1.33 bits per heavy atom. The third kappa shape index (κ3) is 1.13. The third-order valence-corrected chi connectivity index (χ3v) is 3.12. The van der Waals surface area contributed by atoms with E-state index in [1.165, 1.54) is 0 Å². The summed E-state index contributed by atoms with van der Waals surface area (Å²) in [6, 6.07) is 0.910. The predicted octanol–water partition coefficient (Wildman–Crippen LogP) is 2.48. The summed E-state index contributed by atoms with van der Waals surface area (Å²) in [4.78, 5) is 2.33. The molecule has 2 aliphatic heterocycles. The first-order valence-corrected chi connectivity index (χ1v) is 4.76. The van der Waals surface area contributed by atoms with Crippen molar-refractivity contribution in [3.63, 3.8) is 0 Å². The highest BCUT2D eigenvalue weighted by molar-refractivity contribution is 5.05. The third-order valence-electron chi connectivity index (χ3n) is 3.12. The molecule has 2 unspecified atom stereocenters. The average Bonchev–Trinajstić information content (AvgIpc) is 2.24. The number of alkyl halides is 1. The molecule has 0 aromatic carbocycles. The van der Waals surface area contributed by atoms with E-state index in [1.807, 2.05) is 6.92 Å². The van der Waals surface area contributed by atoms with Gasteiger partial charge in [-0.05, 0) is 32.6 Å². The van der Waals surface area contributed by atoms with Gasteiger partial charge in [-0.25, -0.2) is 4.39 Å². The molecule has 2 fully saturated rings. The maximum absolute atomic E-state index is 13.1. The van der Waals surface area contributed by atoms with Crippen molar-refractivity contribution >= 4 is 0 Å². The lowest BCUT2D eigenvalue weighted by Gasteiger charge is -2.38. The fourth-order valence-electron chi connectivity index (χ4n) is 2.73. The van der Waals surface area contributed by atoms with Crippen molar-refractivity contribution in [2.45, 2.75) is 50.9 Å². The maximum Gasteiger partial charge on any atom is 0.104 e. The zero-order valence-electron chi connectivity index (χ0n) is 7.59. The molecule has 2 heterocycles. The lowest BCUT2D eigenvalue weighted by molar-refractivity contribution is 0.114. The van der Waals surface area contributed by atoms with Gasteiger partial charge in [0.25, 0.3) is 0 Å². The lowest BCUT2D eigenvalue weighted by atomic mass is 10.0. The van der Waals surface area contributed by atoms with Crippen molar-refractivity contribution in [3.05, 3.63) is 12.3 Å². The van der Waals surface area contributed by atoms with Gasteiger partial charge in [-0.3, -0.25) is 0 Å². The van der Waals surface area contributed by atoms with Crippen LogP contribution >= 0.6 is 0 Å². The second-order valence-electron chi connectivity index (χ2n) is 4.10. The van der Waals surface area contributed by atoms with Crippen LogP contribution in [0.5, 0.6) is 0 Å². The summed E-state index contributed by atoms with van der Waals surface area (Å²) in [5, 5.41) is 0. The molecule has 2 aliphatic rings. The van der Waals surface area contributed by atoms with Crippen LogP contribution < -0.4 is 0 Å². The van der Waals surface area contributed by atoms with Gasteiger partial charge < -0.3 is 4.90 Å². The first kappa shape index (κ1) is 8.09. The van der Waals surface area contributed by atoms with Crippen LogP contribution in [-0.4, -0.2) is 23.2 Å². The number of hydrogen-bond acceptors (Lipinski definition) is 1. The van der Waals surface area contributed by atoms with Crippen LogP contribution in [0.3, 0.4) is 0 Å². The number of rotatable bonds is 1. The number of fused-ring (bicyclic) bond motifs is 2. The Kier molecular flexibility index (Phi) is 1.85. The number of nitrogens with zero attached hydrogens (tertiary/aromatic N) is 1. The van der Waals surface area contributed by atoms with Gasteiger partial charge >= 0.3 is 0 Å². The zero-order chi connectivity index (χ0) is 8.72. The minimum Gasteiger partial charge on any atom is -0.369 e. The summed E-state index contributed by atoms with van der Waals surface area (Å²) >= 11 is 0. The van der Waals surface area contributed by atoms with Gasteiger partial charge in [-0.2, -0.15) is 0 Å². The van der Waals surface area contributed by atoms with E-state index in [2.05, 4.69) is 11.5 Å². The van der Waals surface area contributed by atoms with Crippen molar-refractivity contribution in [3.8, 4) is 0 Å². The Balaban J connectivity index is 2.14. The molecular formula is C10H16FN. The van der Waals surface area contributed by atoms with Crippen LogP contribution in [-0.2, 0) is 0 Å². The van der Waals surface area contributed by atoms with Crippen LogP contribution in [0.2, 0.25) is 0 Å². The SMILES string of the molecule is C=C(C)N1C2CCC1CC(F)C2. The molecule has 0 aliphatic carbocycles. The number of piperidine rings is 1. The average molecular weight is 169 g/mol. The van der Waals surface area contributed by atoms with E-state index in [1.54, 1.807) is 0 Å². The van der Waals surface area contributed by atoms with Crippen molar-refractivity contribution in [2.75, 3.05) is 0 Å². The number of allylic oxidation sites excluding steroid dienone is 1. The molecule has 0 aromatic rings. The van der Waals surface area contributed by atoms with E-state index in [-0.39, 0.29) is 0 Å². The first-order chi connectivity index (χ1) is 5.68. The van der Waals surface area contributed by atoms with Crippen LogP contribution in [0.1, 0.15) is 32.6 Å². The highest BCUT2D eigenvalue weighted by atomic mass is 19.1. The molecule has 0 radical (unpaired) electrons. The normalized spacial score (nSPS) is 40.2. The van der Waals surface area contributed by atoms with Gasteiger partial charge in [0.2, 0.25) is 0 Å². The second kappa shape index (κ2) is 2.75. The van der Waals surface area contributed by atoms with Gasteiger partial charge in [0.1, 0.15) is 6.17 Å². The predicted molar refractivity (Wildman–Crippen MR) is 47.6 cm³/mol. The monoisotopic (exact) mass is 169 g/mol. The zero-order valence-corrected chi connectivity index (χ0v) is 7.59. The molecule has 1 nitrogen and oxygen atoms in total. The van der Waals surface area contributed by atoms with E-state index < -0.39 is 6.17 Å². The van der Waals surface area contributed by atoms with Gasteiger partial charge in [-0.1, -0.05) is 6.58 Å². The standard InChI is InChI=1S/C10H16FN/c1-7(2)12-9-3-4-10(12)6-8(11)5-9/h8-10H,1,3-6H2,2H3. The van der Waals surface area contributed by atoms with E-state index in [0.29, 0.717) is 12.1 Å². The summed E-state index contributed by atoms with van der Waals surface area (Å²) in [6.45, 7) is 5.98. The van der Waals surface area contributed by atoms with Gasteiger partial charge in [0, 0.05) is 17.8 Å². The molecule has 0 saturated carbocycles. The Morgan fingerprint density at radius 2 is 1.83 bits per heavy atom. The van der Waals surface area contributed by atoms with E-state index >= 15 is 0 Å². The Bertz CT molecular complexity index is 188. The summed E-state index contributed by atoms with van der Waals surface area (Å²) in [5.41, 5.74) is 1.12. The largest absolute Gasteiger partial charge is 0.369 e. The molecule has 2 atom stereocenters. The minimum absolute atomic E-state index is 0.455. The highest BCUT2D eigenvalue weighted by Crippen LogP contribution is 2.38. The molecular weight excluding hydrogens is 153 g/mol. The van der Waals surface area contributed by atoms with E-state index in [0.717, 1.165) is 31.4 Å². The van der Waals surface area contributed by atoms with E-state index in [4.69, 9.17) is 0 Å². The molecule has 12 heavy (non-hydrogen) atoms. The quantitative estimate of drug-likeness (QED) is 0.583. The summed E-state index contributed by atoms with van der Waals surface area (Å²) in [6.07, 6.45) is 3.22. The van der Waals surface area contributed by atoms with E-state index in [9.17, 15) is 4.39 Å². The Labute approximate surface area is 73.2 Å². The minimum atomic E-state index is -0.557. The molecule has 2 heteroatoms. The van der Waals surface area contributed by atoms with Crippen LogP contribution in [0.15, 0.2) is 12.3 Å². The van der Waals surface area contributed by atoms with Crippen molar-refractivity contribution in [1.82, 2.24) is 4.90 Å². The van der Waals surface area contributed by atoms with Gasteiger partial charge in [-0.15, -0.1) is 0 Å². The number of hydrogen-bond donors (Lipinski definition) is 0. The Morgan fingerprint density at radius 3 is 2.25 bits per heavy atom. The highest BCUT2D eigenvalue weighted by Gasteiger charge is 2.40. The van der Waals surface area contributed by atoms with Crippen molar-refractivity contribution in [1.29, 1.82) is 0 Å².